The van der Waals surface area contributed by atoms with E-state index in [4.69, 9.17) is 4.74 Å². The summed E-state index contributed by atoms with van der Waals surface area (Å²) in [6, 6.07) is 16.9. The van der Waals surface area contributed by atoms with Crippen molar-refractivity contribution >= 4 is 11.8 Å². The highest BCUT2D eigenvalue weighted by Gasteiger charge is 2.14. The molecule has 0 radical (unpaired) electrons. The zero-order chi connectivity index (χ0) is 16.9. The van der Waals surface area contributed by atoms with Crippen molar-refractivity contribution in [1.82, 2.24) is 14.8 Å². The third-order valence-electron chi connectivity index (χ3n) is 3.68. The summed E-state index contributed by atoms with van der Waals surface area (Å²) in [5.41, 5.74) is 4.83. The maximum Gasteiger partial charge on any atom is 0.196 e. The topological polar surface area (TPSA) is 39.9 Å². The maximum absolute atomic E-state index is 5.28. The Balaban J connectivity index is 1.90. The molecule has 0 aliphatic heterocycles. The monoisotopic (exact) mass is 339 g/mol. The molecule has 0 aliphatic rings. The van der Waals surface area contributed by atoms with Crippen LogP contribution in [0.2, 0.25) is 0 Å². The predicted octanol–water partition coefficient (Wildman–Crippen LogP) is 4.32. The zero-order valence-electron chi connectivity index (χ0n) is 14.2. The Bertz CT molecular complexity index is 829. The van der Waals surface area contributed by atoms with E-state index in [1.54, 1.807) is 18.9 Å². The van der Waals surface area contributed by atoms with Crippen molar-refractivity contribution < 1.29 is 4.74 Å². The van der Waals surface area contributed by atoms with E-state index in [0.29, 0.717) is 6.61 Å². The lowest BCUT2D eigenvalue weighted by atomic mass is 10.2. The average Bonchev–Trinajstić information content (AvgIpc) is 2.96. The molecule has 5 heteroatoms. The minimum atomic E-state index is 0.436. The van der Waals surface area contributed by atoms with Gasteiger partial charge < -0.3 is 4.74 Å². The van der Waals surface area contributed by atoms with Crippen LogP contribution in [0.25, 0.3) is 5.69 Å². The number of ether oxygens (including phenoxy) is 1. The Hall–Kier alpha value is -2.11. The van der Waals surface area contributed by atoms with Gasteiger partial charge in [0.05, 0.1) is 0 Å². The van der Waals surface area contributed by atoms with Gasteiger partial charge in [0.25, 0.3) is 0 Å². The summed E-state index contributed by atoms with van der Waals surface area (Å²) in [4.78, 5) is 0. The van der Waals surface area contributed by atoms with Crippen molar-refractivity contribution in [2.75, 3.05) is 7.11 Å². The summed E-state index contributed by atoms with van der Waals surface area (Å²) in [6.07, 6.45) is 0. The average molecular weight is 339 g/mol. The minimum Gasteiger partial charge on any atom is -0.377 e. The van der Waals surface area contributed by atoms with Gasteiger partial charge in [-0.15, -0.1) is 10.2 Å². The molecule has 0 saturated heterocycles. The number of nitrogens with zero attached hydrogens (tertiary/aromatic N) is 3. The van der Waals surface area contributed by atoms with Crippen LogP contribution >= 0.6 is 11.8 Å². The highest BCUT2D eigenvalue weighted by Crippen LogP contribution is 2.26. The first-order chi connectivity index (χ1) is 11.7. The van der Waals surface area contributed by atoms with E-state index in [-0.39, 0.29) is 0 Å². The number of hydrogen-bond donors (Lipinski definition) is 0. The second-order valence-corrected chi connectivity index (χ2v) is 6.73. The summed E-state index contributed by atoms with van der Waals surface area (Å²) in [6.45, 7) is 4.63. The summed E-state index contributed by atoms with van der Waals surface area (Å²) >= 11 is 1.69. The largest absolute Gasteiger partial charge is 0.377 e. The van der Waals surface area contributed by atoms with Gasteiger partial charge in [0.15, 0.2) is 11.0 Å². The third-order valence-corrected chi connectivity index (χ3v) is 4.68. The Kier molecular flexibility index (Phi) is 5.33. The lowest BCUT2D eigenvalue weighted by Gasteiger charge is -2.10. The number of aromatic nitrogens is 3. The molecular weight excluding hydrogens is 318 g/mol. The Morgan fingerprint density at radius 2 is 1.75 bits per heavy atom. The molecule has 124 valence electrons. The molecule has 2 aromatic carbocycles. The van der Waals surface area contributed by atoms with Crippen LogP contribution in [0.1, 0.15) is 22.5 Å². The normalized spacial score (nSPS) is 11.0. The van der Waals surface area contributed by atoms with Crippen LogP contribution in [0, 0.1) is 13.8 Å². The van der Waals surface area contributed by atoms with E-state index in [2.05, 4.69) is 77.1 Å². The molecule has 0 N–H and O–H groups in total. The Morgan fingerprint density at radius 1 is 1.00 bits per heavy atom. The second kappa shape index (κ2) is 7.64. The first-order valence-corrected chi connectivity index (χ1v) is 8.84. The van der Waals surface area contributed by atoms with Gasteiger partial charge in [-0.2, -0.15) is 0 Å². The van der Waals surface area contributed by atoms with E-state index in [0.717, 1.165) is 22.4 Å². The number of rotatable bonds is 6. The van der Waals surface area contributed by atoms with Crippen LogP contribution in [0.3, 0.4) is 0 Å². The predicted molar refractivity (Wildman–Crippen MR) is 97.5 cm³/mol. The van der Waals surface area contributed by atoms with Crippen molar-refractivity contribution in [2.45, 2.75) is 31.4 Å². The van der Waals surface area contributed by atoms with Crippen LogP contribution in [-0.2, 0) is 17.1 Å². The van der Waals surface area contributed by atoms with Gasteiger partial charge in [-0.1, -0.05) is 53.7 Å². The summed E-state index contributed by atoms with van der Waals surface area (Å²) in [5, 5.41) is 9.57. The van der Waals surface area contributed by atoms with Gasteiger partial charge in [0.1, 0.15) is 6.61 Å². The second-order valence-electron chi connectivity index (χ2n) is 5.78. The van der Waals surface area contributed by atoms with E-state index >= 15 is 0 Å². The minimum absolute atomic E-state index is 0.436. The lowest BCUT2D eigenvalue weighted by Crippen LogP contribution is -2.04. The van der Waals surface area contributed by atoms with Crippen molar-refractivity contribution in [3.8, 4) is 5.69 Å². The molecule has 0 atom stereocenters. The van der Waals surface area contributed by atoms with E-state index in [1.807, 2.05) is 0 Å². The maximum atomic E-state index is 5.28. The molecule has 0 amide bonds. The highest BCUT2D eigenvalue weighted by molar-refractivity contribution is 7.98. The molecule has 0 saturated carbocycles. The molecule has 1 aromatic heterocycles. The van der Waals surface area contributed by atoms with Crippen LogP contribution in [0.4, 0.5) is 0 Å². The fourth-order valence-corrected chi connectivity index (χ4v) is 3.51. The van der Waals surface area contributed by atoms with Gasteiger partial charge in [-0.25, -0.2) is 0 Å². The van der Waals surface area contributed by atoms with Crippen molar-refractivity contribution in [1.29, 1.82) is 0 Å². The Morgan fingerprint density at radius 3 is 2.46 bits per heavy atom. The van der Waals surface area contributed by atoms with Crippen LogP contribution in [0.15, 0.2) is 53.7 Å². The molecule has 1 heterocycles. The first kappa shape index (κ1) is 16.7. The number of hydrogen-bond acceptors (Lipinski definition) is 4. The number of aryl methyl sites for hydroxylation is 2. The Labute approximate surface area is 146 Å². The fraction of sp³-hybridized carbons (Fsp3) is 0.263. The smallest absolute Gasteiger partial charge is 0.196 e. The first-order valence-electron chi connectivity index (χ1n) is 7.86. The van der Waals surface area contributed by atoms with Crippen molar-refractivity contribution in [3.63, 3.8) is 0 Å². The van der Waals surface area contributed by atoms with Crippen molar-refractivity contribution in [2.24, 2.45) is 0 Å². The highest BCUT2D eigenvalue weighted by atomic mass is 32.2. The standard InChI is InChI=1S/C19H21N3OS/c1-14-6-4-8-16(10-14)13-24-19-21-20-18(12-23-3)22(19)17-9-5-7-15(2)11-17/h4-11H,12-13H2,1-3H3. The lowest BCUT2D eigenvalue weighted by molar-refractivity contribution is 0.176. The van der Waals surface area contributed by atoms with Crippen molar-refractivity contribution in [3.05, 3.63) is 71.0 Å². The molecule has 0 unspecified atom stereocenters. The molecule has 3 aromatic rings. The molecule has 0 bridgehead atoms. The molecule has 0 fully saturated rings. The summed E-state index contributed by atoms with van der Waals surface area (Å²) in [7, 11) is 1.68. The van der Waals surface area contributed by atoms with Crippen LogP contribution in [0.5, 0.6) is 0 Å². The number of benzene rings is 2. The van der Waals surface area contributed by atoms with Gasteiger partial charge in [-0.05, 0) is 37.1 Å². The molecule has 3 rings (SSSR count). The van der Waals surface area contributed by atoms with Gasteiger partial charge in [-0.3, -0.25) is 4.57 Å². The van der Waals surface area contributed by atoms with E-state index in [9.17, 15) is 0 Å². The van der Waals surface area contributed by atoms with E-state index in [1.165, 1.54) is 16.7 Å². The van der Waals surface area contributed by atoms with E-state index < -0.39 is 0 Å². The van der Waals surface area contributed by atoms with Crippen LogP contribution < -0.4 is 0 Å². The molecule has 0 aliphatic carbocycles. The summed E-state index contributed by atoms with van der Waals surface area (Å²) in [5.74, 6) is 1.67. The third kappa shape index (κ3) is 3.86. The molecule has 4 nitrogen and oxygen atoms in total. The SMILES string of the molecule is COCc1nnc(SCc2cccc(C)c2)n1-c1cccc(C)c1. The quantitative estimate of drug-likeness (QED) is 0.627. The molecule has 24 heavy (non-hydrogen) atoms. The van der Waals surface area contributed by atoms with Gasteiger partial charge in [0, 0.05) is 18.6 Å². The number of thioether (sulfide) groups is 1. The number of methoxy groups -OCH3 is 1. The zero-order valence-corrected chi connectivity index (χ0v) is 15.0. The fourth-order valence-electron chi connectivity index (χ4n) is 2.59. The molecular formula is C19H21N3OS. The summed E-state index contributed by atoms with van der Waals surface area (Å²) < 4.78 is 7.36. The molecule has 0 spiro atoms. The van der Waals surface area contributed by atoms with Gasteiger partial charge in [0.2, 0.25) is 0 Å². The van der Waals surface area contributed by atoms with Gasteiger partial charge >= 0.3 is 0 Å². The van der Waals surface area contributed by atoms with Crippen LogP contribution in [-0.4, -0.2) is 21.9 Å².